The molecule has 0 aromatic carbocycles. The average molecular weight is 284 g/mol. The fourth-order valence-corrected chi connectivity index (χ4v) is 0. The third-order valence-corrected chi connectivity index (χ3v) is 0. The van der Waals surface area contributed by atoms with Crippen LogP contribution in [-0.4, -0.2) is 60.1 Å². The Morgan fingerprint density at radius 2 is 0.636 bits per heavy atom. The molecule has 0 radical (unpaired) electrons. The summed E-state index contributed by atoms with van der Waals surface area (Å²) in [5, 5.41) is 20.2. The van der Waals surface area contributed by atoms with E-state index in [2.05, 4.69) is 0 Å². The Morgan fingerprint density at radius 3 is 0.636 bits per heavy atom. The molecule has 0 aliphatic heterocycles. The van der Waals surface area contributed by atoms with Gasteiger partial charge in [-0.05, 0) is 0 Å². The second-order valence-electron chi connectivity index (χ2n) is 4.22. The van der Waals surface area contributed by atoms with E-state index in [0.29, 0.717) is 0 Å². The molecule has 11 heavy (non-hydrogen) atoms. The minimum Gasteiger partial charge on any atom is -0.850 e. The quantitative estimate of drug-likeness (QED) is 0.583. The standard InChI is InChI=1S/2C4H9O.Ba/c2*1-4(2,3)5;/h2*1-3H3;/q2*-1;+2. The van der Waals surface area contributed by atoms with Gasteiger partial charge in [-0.1, -0.05) is 41.5 Å². The monoisotopic (exact) mass is 284 g/mol. The van der Waals surface area contributed by atoms with E-state index in [9.17, 15) is 10.2 Å². The van der Waals surface area contributed by atoms with Gasteiger partial charge >= 0.3 is 48.9 Å². The van der Waals surface area contributed by atoms with Crippen LogP contribution >= 0.6 is 0 Å². The summed E-state index contributed by atoms with van der Waals surface area (Å²) in [4.78, 5) is 0. The molecule has 0 saturated heterocycles. The van der Waals surface area contributed by atoms with Crippen LogP contribution in [0.4, 0.5) is 0 Å². The molecule has 0 aromatic heterocycles. The normalized spacial score (nSPS) is 10.9. The molecule has 0 atom stereocenters. The second-order valence-corrected chi connectivity index (χ2v) is 4.22. The maximum absolute atomic E-state index is 10.1. The molecule has 0 bridgehead atoms. The van der Waals surface area contributed by atoms with Crippen molar-refractivity contribution in [3.8, 4) is 0 Å². The molecule has 0 heterocycles. The van der Waals surface area contributed by atoms with Crippen LogP contribution in [-0.2, 0) is 0 Å². The molecule has 0 saturated carbocycles. The summed E-state index contributed by atoms with van der Waals surface area (Å²) in [6.45, 7) is 9.79. The maximum Gasteiger partial charge on any atom is 2.00 e. The van der Waals surface area contributed by atoms with Crippen LogP contribution in [0, 0.1) is 0 Å². The molecule has 0 unspecified atom stereocenters. The Balaban J connectivity index is -0.000000107. The zero-order chi connectivity index (χ0) is 9.00. The minimum absolute atomic E-state index is 0. The van der Waals surface area contributed by atoms with Gasteiger partial charge < -0.3 is 10.2 Å². The van der Waals surface area contributed by atoms with Crippen molar-refractivity contribution in [2.45, 2.75) is 52.7 Å². The van der Waals surface area contributed by atoms with E-state index in [4.69, 9.17) is 0 Å². The summed E-state index contributed by atoms with van der Waals surface area (Å²) in [5.74, 6) is 0. The van der Waals surface area contributed by atoms with Gasteiger partial charge in [-0.3, -0.25) is 0 Å². The van der Waals surface area contributed by atoms with Gasteiger partial charge in [-0.2, -0.15) is 0 Å². The molecule has 0 spiro atoms. The van der Waals surface area contributed by atoms with Gasteiger partial charge in [-0.15, -0.1) is 11.2 Å². The smallest absolute Gasteiger partial charge is 0.850 e. The van der Waals surface area contributed by atoms with Gasteiger partial charge in [0.1, 0.15) is 0 Å². The van der Waals surface area contributed by atoms with E-state index < -0.39 is 11.2 Å². The van der Waals surface area contributed by atoms with Crippen molar-refractivity contribution in [2.24, 2.45) is 0 Å². The van der Waals surface area contributed by atoms with Gasteiger partial charge in [0.25, 0.3) is 0 Å². The van der Waals surface area contributed by atoms with E-state index in [1.54, 1.807) is 41.5 Å². The molecule has 0 aromatic rings. The fourth-order valence-electron chi connectivity index (χ4n) is 0. The Kier molecular flexibility index (Phi) is 11.6. The predicted molar refractivity (Wildman–Crippen MR) is 45.3 cm³/mol. The minimum atomic E-state index is -0.750. The summed E-state index contributed by atoms with van der Waals surface area (Å²) in [6.07, 6.45) is 0. The van der Waals surface area contributed by atoms with Crippen LogP contribution in [0.3, 0.4) is 0 Å². The van der Waals surface area contributed by atoms with Crippen molar-refractivity contribution in [1.29, 1.82) is 0 Å². The van der Waals surface area contributed by atoms with E-state index in [1.807, 2.05) is 0 Å². The molecule has 0 aliphatic carbocycles. The van der Waals surface area contributed by atoms with Crippen LogP contribution in [0.2, 0.25) is 0 Å². The summed E-state index contributed by atoms with van der Waals surface area (Å²) in [6, 6.07) is 0. The van der Waals surface area contributed by atoms with Crippen LogP contribution < -0.4 is 10.2 Å². The Labute approximate surface area is 110 Å². The summed E-state index contributed by atoms with van der Waals surface area (Å²) in [7, 11) is 0. The van der Waals surface area contributed by atoms with E-state index in [-0.39, 0.29) is 48.9 Å². The largest absolute Gasteiger partial charge is 2.00 e. The first-order valence-corrected chi connectivity index (χ1v) is 3.41. The van der Waals surface area contributed by atoms with Crippen LogP contribution in [0.25, 0.3) is 0 Å². The molecular formula is C8H18BaO2. The molecule has 64 valence electrons. The Morgan fingerprint density at radius 1 is 0.636 bits per heavy atom. The molecule has 3 heteroatoms. The molecule has 0 N–H and O–H groups in total. The van der Waals surface area contributed by atoms with E-state index >= 15 is 0 Å². The van der Waals surface area contributed by atoms with Crippen LogP contribution in [0.1, 0.15) is 41.5 Å². The van der Waals surface area contributed by atoms with E-state index in [1.165, 1.54) is 0 Å². The summed E-state index contributed by atoms with van der Waals surface area (Å²) in [5.41, 5.74) is -1.50. The fraction of sp³-hybridized carbons (Fsp3) is 1.00. The third kappa shape index (κ3) is 465. The number of hydrogen-bond acceptors (Lipinski definition) is 2. The SMILES string of the molecule is CC(C)(C)[O-].CC(C)(C)[O-].[Ba+2]. The third-order valence-electron chi connectivity index (χ3n) is 0. The zero-order valence-corrected chi connectivity index (χ0v) is 13.0. The van der Waals surface area contributed by atoms with Crippen molar-refractivity contribution in [1.82, 2.24) is 0 Å². The summed E-state index contributed by atoms with van der Waals surface area (Å²) < 4.78 is 0. The molecule has 0 amide bonds. The van der Waals surface area contributed by atoms with Crippen molar-refractivity contribution >= 4 is 48.9 Å². The second kappa shape index (κ2) is 6.95. The van der Waals surface area contributed by atoms with Gasteiger partial charge in [0.2, 0.25) is 0 Å². The van der Waals surface area contributed by atoms with Gasteiger partial charge in [0.15, 0.2) is 0 Å². The average Bonchev–Trinajstić information content (AvgIpc) is 1.12. The summed E-state index contributed by atoms with van der Waals surface area (Å²) >= 11 is 0. The first-order chi connectivity index (χ1) is 4.00. The van der Waals surface area contributed by atoms with Gasteiger partial charge in [0.05, 0.1) is 0 Å². The van der Waals surface area contributed by atoms with Crippen molar-refractivity contribution in [3.63, 3.8) is 0 Å². The number of hydrogen-bond donors (Lipinski definition) is 0. The van der Waals surface area contributed by atoms with Crippen molar-refractivity contribution < 1.29 is 10.2 Å². The van der Waals surface area contributed by atoms with Crippen LogP contribution in [0.15, 0.2) is 0 Å². The Hall–Kier alpha value is 1.49. The molecular weight excluding hydrogens is 265 g/mol. The van der Waals surface area contributed by atoms with Gasteiger partial charge in [0, 0.05) is 0 Å². The predicted octanol–water partition coefficient (Wildman–Crippen LogP) is -0.0904. The molecule has 0 fully saturated rings. The topological polar surface area (TPSA) is 46.1 Å². The zero-order valence-electron chi connectivity index (χ0n) is 8.52. The van der Waals surface area contributed by atoms with E-state index in [0.717, 1.165) is 0 Å². The maximum atomic E-state index is 10.1. The molecule has 2 nitrogen and oxygen atoms in total. The first kappa shape index (κ1) is 18.3. The van der Waals surface area contributed by atoms with Crippen LogP contribution in [0.5, 0.6) is 0 Å². The first-order valence-electron chi connectivity index (χ1n) is 3.41. The van der Waals surface area contributed by atoms with Crippen molar-refractivity contribution in [3.05, 3.63) is 0 Å². The van der Waals surface area contributed by atoms with Gasteiger partial charge in [-0.25, -0.2) is 0 Å². The van der Waals surface area contributed by atoms with Crippen molar-refractivity contribution in [2.75, 3.05) is 0 Å². The Bertz CT molecular complexity index is 55.1. The molecule has 0 aliphatic rings. The number of rotatable bonds is 0. The molecule has 0 rings (SSSR count).